The van der Waals surface area contributed by atoms with Crippen LogP contribution in [0.3, 0.4) is 0 Å². The molecule has 1 amide bonds. The van der Waals surface area contributed by atoms with E-state index in [1.807, 2.05) is 48.5 Å². The van der Waals surface area contributed by atoms with E-state index in [9.17, 15) is 14.7 Å². The van der Waals surface area contributed by atoms with Crippen molar-refractivity contribution in [1.29, 1.82) is 0 Å². The number of hydrogen-bond donors (Lipinski definition) is 1. The molecule has 0 fully saturated rings. The van der Waals surface area contributed by atoms with Crippen LogP contribution in [0, 0.1) is 0 Å². The van der Waals surface area contributed by atoms with E-state index in [4.69, 9.17) is 4.74 Å². The number of carbonyl (C=O) groups excluding carboxylic acids is 2. The van der Waals surface area contributed by atoms with Gasteiger partial charge in [-0.1, -0.05) is 48.5 Å². The lowest BCUT2D eigenvalue weighted by Crippen LogP contribution is -2.46. The topological polar surface area (TPSA) is 78.5 Å². The second-order valence-corrected chi connectivity index (χ2v) is 5.51. The number of carboxylic acid groups (broad SMARTS) is 1. The third-order valence-corrected chi connectivity index (χ3v) is 4.03. The molecule has 0 aliphatic heterocycles. The fraction of sp³-hybridized carbons (Fsp3) is 0.222. The first-order chi connectivity index (χ1) is 11.1. The van der Waals surface area contributed by atoms with Gasteiger partial charge in [0.25, 0.3) is 0 Å². The fourth-order valence-corrected chi connectivity index (χ4v) is 2.88. The summed E-state index contributed by atoms with van der Waals surface area (Å²) in [5.41, 5.74) is 4.49. The summed E-state index contributed by atoms with van der Waals surface area (Å²) < 4.78 is 5.22. The summed E-state index contributed by atoms with van der Waals surface area (Å²) in [7, 11) is 0. The molecule has 1 aliphatic carbocycles. The van der Waals surface area contributed by atoms with Crippen molar-refractivity contribution in [3.05, 3.63) is 59.7 Å². The molecule has 2 aromatic carbocycles. The van der Waals surface area contributed by atoms with E-state index in [1.165, 1.54) is 6.92 Å². The second-order valence-electron chi connectivity index (χ2n) is 5.51. The zero-order valence-electron chi connectivity index (χ0n) is 12.6. The van der Waals surface area contributed by atoms with Gasteiger partial charge in [-0.3, -0.25) is 0 Å². The molecular formula is C18H16NO4-. The smallest absolute Gasteiger partial charge is 0.407 e. The summed E-state index contributed by atoms with van der Waals surface area (Å²) in [5, 5.41) is 12.9. The van der Waals surface area contributed by atoms with Crippen molar-refractivity contribution in [1.82, 2.24) is 5.32 Å². The largest absolute Gasteiger partial charge is 0.548 e. The van der Waals surface area contributed by atoms with E-state index < -0.39 is 18.1 Å². The molecule has 0 saturated carbocycles. The molecule has 0 saturated heterocycles. The lowest BCUT2D eigenvalue weighted by molar-refractivity contribution is -0.307. The number of hydrogen-bond acceptors (Lipinski definition) is 4. The summed E-state index contributed by atoms with van der Waals surface area (Å²) >= 11 is 0. The molecular weight excluding hydrogens is 294 g/mol. The number of alkyl carbamates (subject to hydrolysis) is 1. The zero-order chi connectivity index (χ0) is 16.4. The van der Waals surface area contributed by atoms with E-state index in [0.29, 0.717) is 0 Å². The van der Waals surface area contributed by atoms with Crippen molar-refractivity contribution in [2.75, 3.05) is 6.61 Å². The highest BCUT2D eigenvalue weighted by molar-refractivity contribution is 5.80. The van der Waals surface area contributed by atoms with Gasteiger partial charge in [-0.25, -0.2) is 4.79 Å². The summed E-state index contributed by atoms with van der Waals surface area (Å²) in [6.07, 6.45) is -0.761. The number of amides is 1. The molecule has 0 radical (unpaired) electrons. The number of nitrogens with one attached hydrogen (secondary N) is 1. The van der Waals surface area contributed by atoms with E-state index >= 15 is 0 Å². The van der Waals surface area contributed by atoms with Crippen LogP contribution in [0.5, 0.6) is 0 Å². The molecule has 1 aliphatic rings. The Bertz CT molecular complexity index is 711. The van der Waals surface area contributed by atoms with Crippen LogP contribution in [-0.4, -0.2) is 24.7 Å². The van der Waals surface area contributed by atoms with E-state index in [2.05, 4.69) is 5.32 Å². The lowest BCUT2D eigenvalue weighted by Gasteiger charge is -2.17. The van der Waals surface area contributed by atoms with E-state index in [0.717, 1.165) is 22.3 Å². The average Bonchev–Trinajstić information content (AvgIpc) is 2.87. The van der Waals surface area contributed by atoms with Gasteiger partial charge in [0.05, 0.1) is 12.0 Å². The lowest BCUT2D eigenvalue weighted by atomic mass is 9.98. The number of aliphatic carboxylic acids is 1. The maximum absolute atomic E-state index is 11.7. The zero-order valence-corrected chi connectivity index (χ0v) is 12.6. The number of fused-ring (bicyclic) bond motifs is 3. The molecule has 5 nitrogen and oxygen atoms in total. The predicted octanol–water partition coefficient (Wildman–Crippen LogP) is 1.66. The van der Waals surface area contributed by atoms with Gasteiger partial charge in [-0.2, -0.15) is 0 Å². The van der Waals surface area contributed by atoms with Crippen LogP contribution < -0.4 is 10.4 Å². The van der Waals surface area contributed by atoms with Gasteiger partial charge in [-0.15, -0.1) is 0 Å². The minimum Gasteiger partial charge on any atom is -0.548 e. The van der Waals surface area contributed by atoms with E-state index in [-0.39, 0.29) is 12.5 Å². The molecule has 0 unspecified atom stereocenters. The minimum atomic E-state index is -1.35. The summed E-state index contributed by atoms with van der Waals surface area (Å²) in [4.78, 5) is 22.4. The van der Waals surface area contributed by atoms with Crippen LogP contribution >= 0.6 is 0 Å². The first-order valence-corrected chi connectivity index (χ1v) is 7.40. The summed E-state index contributed by atoms with van der Waals surface area (Å²) in [5.74, 6) is -1.40. The molecule has 0 spiro atoms. The minimum absolute atomic E-state index is 0.0496. The van der Waals surface area contributed by atoms with Crippen molar-refractivity contribution in [2.45, 2.75) is 18.9 Å². The summed E-state index contributed by atoms with van der Waals surface area (Å²) in [6.45, 7) is 1.48. The number of benzene rings is 2. The highest BCUT2D eigenvalue weighted by Crippen LogP contribution is 2.44. The first kappa shape index (κ1) is 15.1. The van der Waals surface area contributed by atoms with E-state index in [1.54, 1.807) is 0 Å². The summed E-state index contributed by atoms with van der Waals surface area (Å²) in [6, 6.07) is 14.9. The Labute approximate surface area is 133 Å². The monoisotopic (exact) mass is 310 g/mol. The fourth-order valence-electron chi connectivity index (χ4n) is 2.88. The van der Waals surface area contributed by atoms with Crippen molar-refractivity contribution in [2.24, 2.45) is 0 Å². The van der Waals surface area contributed by atoms with Crippen LogP contribution in [0.1, 0.15) is 24.0 Å². The van der Waals surface area contributed by atoms with Gasteiger partial charge >= 0.3 is 6.09 Å². The molecule has 3 rings (SSSR count). The Morgan fingerprint density at radius 2 is 1.61 bits per heavy atom. The SMILES string of the molecule is C[C@H](NC(=O)OCC1c2ccccc2-c2ccccc21)C(=O)[O-]. The van der Waals surface area contributed by atoms with Crippen molar-refractivity contribution in [3.8, 4) is 11.1 Å². The maximum Gasteiger partial charge on any atom is 0.407 e. The molecule has 5 heteroatoms. The Balaban J connectivity index is 1.76. The van der Waals surface area contributed by atoms with Gasteiger partial charge in [0.1, 0.15) is 6.61 Å². The Hall–Kier alpha value is -2.82. The van der Waals surface area contributed by atoms with Crippen molar-refractivity contribution < 1.29 is 19.4 Å². The molecule has 1 N–H and O–H groups in total. The molecule has 118 valence electrons. The Morgan fingerprint density at radius 1 is 1.09 bits per heavy atom. The predicted molar refractivity (Wildman–Crippen MR) is 82.7 cm³/mol. The Kier molecular flexibility index (Phi) is 4.02. The van der Waals surface area contributed by atoms with Gasteiger partial charge in [-0.05, 0) is 29.2 Å². The normalized spacial score (nSPS) is 13.8. The molecule has 0 heterocycles. The van der Waals surface area contributed by atoms with Crippen LogP contribution in [0.25, 0.3) is 11.1 Å². The second kappa shape index (κ2) is 6.12. The molecule has 0 bridgehead atoms. The Morgan fingerprint density at radius 3 is 2.13 bits per heavy atom. The van der Waals surface area contributed by atoms with Crippen LogP contribution in [0.2, 0.25) is 0 Å². The quantitative estimate of drug-likeness (QED) is 0.931. The number of carbonyl (C=O) groups is 2. The average molecular weight is 310 g/mol. The standard InChI is InChI=1S/C18H17NO4/c1-11(17(20)21)19-18(22)23-10-16-14-8-4-2-6-12(14)13-7-3-5-9-15(13)16/h2-9,11,16H,10H2,1H3,(H,19,22)(H,20,21)/p-1/t11-/m0/s1. The number of carboxylic acids is 1. The van der Waals surface area contributed by atoms with Gasteiger partial charge in [0, 0.05) is 5.92 Å². The van der Waals surface area contributed by atoms with Crippen LogP contribution in [0.15, 0.2) is 48.5 Å². The van der Waals surface area contributed by atoms with Crippen LogP contribution in [-0.2, 0) is 9.53 Å². The molecule has 2 aromatic rings. The van der Waals surface area contributed by atoms with Crippen molar-refractivity contribution >= 4 is 12.1 Å². The first-order valence-electron chi connectivity index (χ1n) is 7.40. The van der Waals surface area contributed by atoms with Gasteiger partial charge in [0.2, 0.25) is 0 Å². The van der Waals surface area contributed by atoms with Crippen molar-refractivity contribution in [3.63, 3.8) is 0 Å². The molecule has 1 atom stereocenters. The van der Waals surface area contributed by atoms with Gasteiger partial charge in [0.15, 0.2) is 0 Å². The van der Waals surface area contributed by atoms with Crippen LogP contribution in [0.4, 0.5) is 4.79 Å². The third-order valence-electron chi connectivity index (χ3n) is 4.03. The maximum atomic E-state index is 11.7. The molecule has 0 aromatic heterocycles. The molecule has 23 heavy (non-hydrogen) atoms. The number of rotatable bonds is 4. The highest BCUT2D eigenvalue weighted by atomic mass is 16.5. The third kappa shape index (κ3) is 2.90. The van der Waals surface area contributed by atoms with Gasteiger partial charge < -0.3 is 20.0 Å². The number of ether oxygens (including phenoxy) is 1. The highest BCUT2D eigenvalue weighted by Gasteiger charge is 2.29.